The molecule has 2 atom stereocenters. The normalized spacial score (nSPS) is 13.3. The third-order valence-electron chi connectivity index (χ3n) is 4.68. The average molecular weight is 373 g/mol. The number of allylic oxidation sites excluding steroid dienone is 2. The monoisotopic (exact) mass is 372 g/mol. The van der Waals surface area contributed by atoms with E-state index in [0.29, 0.717) is 6.42 Å². The van der Waals surface area contributed by atoms with Gasteiger partial charge in [0.15, 0.2) is 0 Å². The van der Waals surface area contributed by atoms with Crippen molar-refractivity contribution in [3.63, 3.8) is 0 Å². The summed E-state index contributed by atoms with van der Waals surface area (Å²) in [5, 5.41) is 0. The van der Waals surface area contributed by atoms with E-state index in [1.54, 1.807) is 0 Å². The minimum absolute atomic E-state index is 0.0299. The lowest BCUT2D eigenvalue weighted by molar-refractivity contribution is -0.149. The Morgan fingerprint density at radius 2 is 1.78 bits per heavy atom. The van der Waals surface area contributed by atoms with Gasteiger partial charge in [-0.3, -0.25) is 9.59 Å². The Hall–Kier alpha value is -2.23. The largest absolute Gasteiger partial charge is 0.468 e. The van der Waals surface area contributed by atoms with E-state index in [1.807, 2.05) is 18.2 Å². The summed E-state index contributed by atoms with van der Waals surface area (Å²) in [7, 11) is 1.28. The van der Waals surface area contributed by atoms with Crippen molar-refractivity contribution < 1.29 is 19.1 Å². The molecule has 0 amide bonds. The topological polar surface area (TPSA) is 60.4 Å². The predicted octanol–water partition coefficient (Wildman–Crippen LogP) is 5.02. The van der Waals surface area contributed by atoms with E-state index in [4.69, 9.17) is 4.74 Å². The van der Waals surface area contributed by atoms with Crippen LogP contribution in [-0.2, 0) is 19.1 Å². The zero-order valence-corrected chi connectivity index (χ0v) is 16.8. The number of hydrogen-bond acceptors (Lipinski definition) is 4. The lowest BCUT2D eigenvalue weighted by Crippen LogP contribution is -2.26. The molecule has 4 nitrogen and oxygen atoms in total. The third kappa shape index (κ3) is 8.80. The summed E-state index contributed by atoms with van der Waals surface area (Å²) in [5.74, 6) is -1.43. The molecule has 0 N–H and O–H groups in total. The first kappa shape index (κ1) is 22.8. The van der Waals surface area contributed by atoms with Gasteiger partial charge in [0.2, 0.25) is 0 Å². The van der Waals surface area contributed by atoms with Crippen LogP contribution in [0, 0.1) is 5.92 Å². The Labute approximate surface area is 163 Å². The molecular formula is C23H32O4. The van der Waals surface area contributed by atoms with Gasteiger partial charge in [0, 0.05) is 18.8 Å². The van der Waals surface area contributed by atoms with E-state index < -0.39 is 11.9 Å². The fourth-order valence-electron chi connectivity index (χ4n) is 3.03. The highest BCUT2D eigenvalue weighted by molar-refractivity contribution is 5.99. The van der Waals surface area contributed by atoms with Crippen LogP contribution in [-0.4, -0.2) is 24.6 Å². The van der Waals surface area contributed by atoms with Crippen LogP contribution < -0.4 is 0 Å². The van der Waals surface area contributed by atoms with E-state index in [1.165, 1.54) is 14.0 Å². The third-order valence-corrected chi connectivity index (χ3v) is 4.68. The van der Waals surface area contributed by atoms with Gasteiger partial charge in [0.25, 0.3) is 0 Å². The maximum Gasteiger partial charge on any atom is 0.316 e. The zero-order chi connectivity index (χ0) is 20.1. The van der Waals surface area contributed by atoms with Crippen molar-refractivity contribution in [3.8, 4) is 0 Å². The molecule has 0 aliphatic rings. The van der Waals surface area contributed by atoms with E-state index in [0.717, 1.165) is 24.8 Å². The van der Waals surface area contributed by atoms with Gasteiger partial charge in [0.05, 0.1) is 7.11 Å². The van der Waals surface area contributed by atoms with E-state index >= 15 is 0 Å². The highest BCUT2D eigenvalue weighted by Crippen LogP contribution is 2.25. The quantitative estimate of drug-likeness (QED) is 0.211. The average Bonchev–Trinajstić information content (AvgIpc) is 2.67. The van der Waals surface area contributed by atoms with Gasteiger partial charge in [-0.2, -0.15) is 0 Å². The van der Waals surface area contributed by atoms with Crippen LogP contribution in [0.1, 0.15) is 70.3 Å². The summed E-state index contributed by atoms with van der Waals surface area (Å²) in [6, 6.07) is 10.1. The molecule has 0 aliphatic heterocycles. The molecule has 0 saturated heterocycles. The van der Waals surface area contributed by atoms with Gasteiger partial charge >= 0.3 is 5.97 Å². The summed E-state index contributed by atoms with van der Waals surface area (Å²) >= 11 is 0. The fourth-order valence-corrected chi connectivity index (χ4v) is 3.03. The molecule has 0 saturated carbocycles. The van der Waals surface area contributed by atoms with Crippen molar-refractivity contribution in [1.82, 2.24) is 0 Å². The number of Topliss-reactive ketones (excluding diaryl/α,β-unsaturated/α-hetero) is 2. The Morgan fingerprint density at radius 1 is 1.07 bits per heavy atom. The highest BCUT2D eigenvalue weighted by Gasteiger charge is 2.27. The minimum Gasteiger partial charge on any atom is -0.468 e. The minimum atomic E-state index is -0.848. The van der Waals surface area contributed by atoms with Crippen molar-refractivity contribution >= 4 is 17.5 Å². The molecule has 1 aromatic carbocycles. The van der Waals surface area contributed by atoms with Gasteiger partial charge in [0.1, 0.15) is 17.5 Å². The van der Waals surface area contributed by atoms with Gasteiger partial charge < -0.3 is 9.53 Å². The number of hydrogen-bond donors (Lipinski definition) is 0. The van der Waals surface area contributed by atoms with E-state index in [2.05, 4.69) is 31.2 Å². The number of rotatable bonds is 13. The second kappa shape index (κ2) is 13.0. The summed E-state index contributed by atoms with van der Waals surface area (Å²) < 4.78 is 4.76. The van der Waals surface area contributed by atoms with E-state index in [-0.39, 0.29) is 36.7 Å². The van der Waals surface area contributed by atoms with Gasteiger partial charge in [-0.15, -0.1) is 0 Å². The lowest BCUT2D eigenvalue weighted by Gasteiger charge is -2.16. The summed E-state index contributed by atoms with van der Waals surface area (Å²) in [6.07, 6.45) is 9.03. The van der Waals surface area contributed by atoms with Crippen LogP contribution >= 0.6 is 0 Å². The van der Waals surface area contributed by atoms with Crippen LogP contribution in [0.25, 0.3) is 0 Å². The number of methoxy groups -OCH3 is 1. The molecule has 148 valence electrons. The molecule has 0 fully saturated rings. The molecule has 4 heteroatoms. The molecule has 0 radical (unpaired) electrons. The van der Waals surface area contributed by atoms with Crippen LogP contribution in [0.3, 0.4) is 0 Å². The molecule has 0 bridgehead atoms. The summed E-state index contributed by atoms with van der Waals surface area (Å²) in [5.41, 5.74) is 1.16. The van der Waals surface area contributed by atoms with Gasteiger partial charge in [-0.25, -0.2) is 0 Å². The Bertz CT molecular complexity index is 619. The first-order chi connectivity index (χ1) is 13.0. The van der Waals surface area contributed by atoms with Crippen molar-refractivity contribution in [1.29, 1.82) is 0 Å². The number of ketones is 2. The predicted molar refractivity (Wildman–Crippen MR) is 108 cm³/mol. The maximum absolute atomic E-state index is 12.6. The Balaban J connectivity index is 2.78. The first-order valence-electron chi connectivity index (χ1n) is 9.81. The van der Waals surface area contributed by atoms with Crippen LogP contribution in [0.15, 0.2) is 42.5 Å². The molecular weight excluding hydrogens is 340 g/mol. The Morgan fingerprint density at radius 3 is 2.37 bits per heavy atom. The van der Waals surface area contributed by atoms with Gasteiger partial charge in [-0.1, -0.05) is 62.2 Å². The molecule has 0 aromatic heterocycles. The maximum atomic E-state index is 12.6. The SMILES string of the molecule is CCCC/C=C/C(CCC(=O)C(CCC(C)=O)C(=O)OC)c1ccccc1. The number of ether oxygens (including phenoxy) is 1. The number of carbonyl (C=O) groups excluding carboxylic acids is 3. The fraction of sp³-hybridized carbons (Fsp3) is 0.522. The van der Waals surface area contributed by atoms with E-state index in [9.17, 15) is 14.4 Å². The Kier molecular flexibility index (Phi) is 11.0. The summed E-state index contributed by atoms with van der Waals surface area (Å²) in [4.78, 5) is 35.8. The first-order valence-corrected chi connectivity index (χ1v) is 9.81. The number of carbonyl (C=O) groups is 3. The second-order valence-corrected chi connectivity index (χ2v) is 6.91. The van der Waals surface area contributed by atoms with Crippen molar-refractivity contribution in [3.05, 3.63) is 48.0 Å². The second-order valence-electron chi connectivity index (χ2n) is 6.91. The number of benzene rings is 1. The molecule has 1 rings (SSSR count). The van der Waals surface area contributed by atoms with Crippen molar-refractivity contribution in [2.45, 2.75) is 64.7 Å². The molecule has 27 heavy (non-hydrogen) atoms. The standard InChI is InChI=1S/C23H32O4/c1-4-5-6-8-13-20(19-11-9-7-10-12-19)15-17-22(25)21(23(26)27-3)16-14-18(2)24/h7-13,20-21H,4-6,14-17H2,1-3H3/b13-8+. The molecule has 0 heterocycles. The van der Waals surface area contributed by atoms with Crippen LogP contribution in [0.2, 0.25) is 0 Å². The highest BCUT2D eigenvalue weighted by atomic mass is 16.5. The van der Waals surface area contributed by atoms with Crippen LogP contribution in [0.5, 0.6) is 0 Å². The molecule has 2 unspecified atom stereocenters. The number of unbranched alkanes of at least 4 members (excludes halogenated alkanes) is 2. The van der Waals surface area contributed by atoms with Crippen LogP contribution in [0.4, 0.5) is 0 Å². The zero-order valence-electron chi connectivity index (χ0n) is 16.8. The smallest absolute Gasteiger partial charge is 0.316 e. The molecule has 1 aromatic rings. The van der Waals surface area contributed by atoms with Gasteiger partial charge in [-0.05, 0) is 31.7 Å². The van der Waals surface area contributed by atoms with Crippen molar-refractivity contribution in [2.75, 3.05) is 7.11 Å². The number of esters is 1. The lowest BCUT2D eigenvalue weighted by atomic mass is 9.88. The molecule has 0 aliphatic carbocycles. The molecule has 0 spiro atoms. The summed E-state index contributed by atoms with van der Waals surface area (Å²) in [6.45, 7) is 3.63. The van der Waals surface area contributed by atoms with Crippen molar-refractivity contribution in [2.24, 2.45) is 5.92 Å².